The van der Waals surface area contributed by atoms with Gasteiger partial charge in [-0.3, -0.25) is 9.59 Å². The van der Waals surface area contributed by atoms with Crippen molar-refractivity contribution >= 4 is 17.8 Å². The number of hydrogen-bond donors (Lipinski definition) is 2. The van der Waals surface area contributed by atoms with E-state index in [-0.39, 0.29) is 5.91 Å². The van der Waals surface area contributed by atoms with Crippen molar-refractivity contribution in [1.82, 2.24) is 10.2 Å². The monoisotopic (exact) mass is 226 g/mol. The third kappa shape index (κ3) is 2.82. The first-order chi connectivity index (χ1) is 7.56. The molecule has 2 amide bonds. The highest BCUT2D eigenvalue weighted by Crippen LogP contribution is 2.09. The molecular weight excluding hydrogens is 212 g/mol. The number of aliphatic carboxylic acids is 1. The van der Waals surface area contributed by atoms with Gasteiger partial charge in [0.05, 0.1) is 0 Å². The highest BCUT2D eigenvalue weighted by molar-refractivity contribution is 5.97. The molecule has 1 aliphatic heterocycles. The number of carboxylic acids is 1. The van der Waals surface area contributed by atoms with Gasteiger partial charge >= 0.3 is 5.97 Å². The van der Waals surface area contributed by atoms with E-state index in [0.29, 0.717) is 19.5 Å². The van der Waals surface area contributed by atoms with E-state index in [0.717, 1.165) is 12.2 Å². The van der Waals surface area contributed by atoms with E-state index >= 15 is 0 Å². The van der Waals surface area contributed by atoms with Gasteiger partial charge in [0.15, 0.2) is 0 Å². The van der Waals surface area contributed by atoms with Crippen LogP contribution >= 0.6 is 0 Å². The van der Waals surface area contributed by atoms with E-state index in [1.54, 1.807) is 6.92 Å². The van der Waals surface area contributed by atoms with Crippen molar-refractivity contribution in [3.8, 4) is 0 Å². The van der Waals surface area contributed by atoms with Crippen LogP contribution in [0, 0.1) is 0 Å². The molecule has 0 spiro atoms. The first-order valence-electron chi connectivity index (χ1n) is 5.05. The van der Waals surface area contributed by atoms with E-state index in [1.165, 1.54) is 4.90 Å². The van der Waals surface area contributed by atoms with E-state index in [9.17, 15) is 14.4 Å². The van der Waals surface area contributed by atoms with Crippen LogP contribution in [0.1, 0.15) is 13.3 Å². The maximum Gasteiger partial charge on any atom is 0.328 e. The topological polar surface area (TPSA) is 86.7 Å². The zero-order chi connectivity index (χ0) is 12.1. The summed E-state index contributed by atoms with van der Waals surface area (Å²) in [4.78, 5) is 34.7. The average molecular weight is 226 g/mol. The molecule has 6 heteroatoms. The molecule has 0 radical (unpaired) electrons. The predicted molar refractivity (Wildman–Crippen MR) is 55.6 cm³/mol. The Kier molecular flexibility index (Phi) is 4.04. The van der Waals surface area contributed by atoms with E-state index in [2.05, 4.69) is 5.32 Å². The fraction of sp³-hybridized carbons (Fsp3) is 0.500. The summed E-state index contributed by atoms with van der Waals surface area (Å²) in [5.74, 6) is -1.81. The zero-order valence-electron chi connectivity index (χ0n) is 8.97. The molecule has 2 N–H and O–H groups in total. The van der Waals surface area contributed by atoms with Crippen LogP contribution in [0.4, 0.5) is 0 Å². The Labute approximate surface area is 92.9 Å². The average Bonchev–Trinajstić information content (AvgIpc) is 2.25. The van der Waals surface area contributed by atoms with Crippen molar-refractivity contribution in [2.75, 3.05) is 13.1 Å². The summed E-state index contributed by atoms with van der Waals surface area (Å²) in [6.45, 7) is 2.62. The molecule has 1 heterocycles. The molecule has 6 nitrogen and oxygen atoms in total. The first kappa shape index (κ1) is 12.2. The minimum absolute atomic E-state index is 0.189. The van der Waals surface area contributed by atoms with Crippen LogP contribution in [0.5, 0.6) is 0 Å². The normalized spacial score (nSPS) is 20.9. The SMILES string of the molecule is CCC1C(=O)NCCN1C(=O)C=CC(=O)O. The van der Waals surface area contributed by atoms with Crippen LogP contribution in [0.2, 0.25) is 0 Å². The summed E-state index contributed by atoms with van der Waals surface area (Å²) >= 11 is 0. The number of carbonyl (C=O) groups is 3. The number of hydrogen-bond acceptors (Lipinski definition) is 3. The van der Waals surface area contributed by atoms with Gasteiger partial charge in [0.25, 0.3) is 0 Å². The summed E-state index contributed by atoms with van der Waals surface area (Å²) in [6, 6.07) is -0.500. The number of carboxylic acid groups (broad SMARTS) is 1. The molecule has 16 heavy (non-hydrogen) atoms. The van der Waals surface area contributed by atoms with Gasteiger partial charge < -0.3 is 15.3 Å². The Morgan fingerprint density at radius 3 is 2.81 bits per heavy atom. The molecule has 1 fully saturated rings. The van der Waals surface area contributed by atoms with Gasteiger partial charge in [-0.05, 0) is 6.42 Å². The number of nitrogens with zero attached hydrogens (tertiary/aromatic N) is 1. The fourth-order valence-corrected chi connectivity index (χ4v) is 1.62. The van der Waals surface area contributed by atoms with E-state index < -0.39 is 17.9 Å². The van der Waals surface area contributed by atoms with Crippen molar-refractivity contribution in [2.24, 2.45) is 0 Å². The molecule has 1 saturated heterocycles. The molecule has 1 aliphatic rings. The van der Waals surface area contributed by atoms with Crippen molar-refractivity contribution in [3.63, 3.8) is 0 Å². The Balaban J connectivity index is 2.73. The standard InChI is InChI=1S/C10H14N2O4/c1-2-7-10(16)11-5-6-12(7)8(13)3-4-9(14)15/h3-4,7H,2,5-6H2,1H3,(H,11,16)(H,14,15). The van der Waals surface area contributed by atoms with Gasteiger partial charge in [-0.1, -0.05) is 6.92 Å². The van der Waals surface area contributed by atoms with Crippen LogP contribution < -0.4 is 5.32 Å². The smallest absolute Gasteiger partial charge is 0.328 e. The van der Waals surface area contributed by atoms with Gasteiger partial charge in [-0.15, -0.1) is 0 Å². The van der Waals surface area contributed by atoms with Gasteiger partial charge in [0.1, 0.15) is 6.04 Å². The predicted octanol–water partition coefficient (Wildman–Crippen LogP) is -0.636. The van der Waals surface area contributed by atoms with Crippen LogP contribution in [0.3, 0.4) is 0 Å². The summed E-state index contributed by atoms with van der Waals surface area (Å²) in [5, 5.41) is 11.1. The first-order valence-corrected chi connectivity index (χ1v) is 5.05. The lowest BCUT2D eigenvalue weighted by atomic mass is 10.1. The van der Waals surface area contributed by atoms with E-state index in [1.807, 2.05) is 0 Å². The number of carbonyl (C=O) groups excluding carboxylic acids is 2. The van der Waals surface area contributed by atoms with Gasteiger partial charge in [0.2, 0.25) is 11.8 Å². The largest absolute Gasteiger partial charge is 0.478 e. The number of piperazine rings is 1. The second-order valence-corrected chi connectivity index (χ2v) is 3.42. The second kappa shape index (κ2) is 5.29. The van der Waals surface area contributed by atoms with Crippen molar-refractivity contribution in [3.05, 3.63) is 12.2 Å². The number of rotatable bonds is 3. The fourth-order valence-electron chi connectivity index (χ4n) is 1.62. The van der Waals surface area contributed by atoms with Crippen molar-refractivity contribution in [2.45, 2.75) is 19.4 Å². The maximum absolute atomic E-state index is 11.6. The molecule has 0 saturated carbocycles. The third-order valence-electron chi connectivity index (χ3n) is 2.37. The van der Waals surface area contributed by atoms with Crippen LogP contribution in [0.15, 0.2) is 12.2 Å². The minimum Gasteiger partial charge on any atom is -0.478 e. The Hall–Kier alpha value is -1.85. The van der Waals surface area contributed by atoms with Crippen LogP contribution in [0.25, 0.3) is 0 Å². The molecule has 1 atom stereocenters. The lowest BCUT2D eigenvalue weighted by Crippen LogP contribution is -2.56. The third-order valence-corrected chi connectivity index (χ3v) is 2.37. The molecule has 1 unspecified atom stereocenters. The molecular formula is C10H14N2O4. The molecule has 1 rings (SSSR count). The summed E-state index contributed by atoms with van der Waals surface area (Å²) in [5.41, 5.74) is 0. The molecule has 0 aliphatic carbocycles. The molecule has 0 aromatic heterocycles. The highest BCUT2D eigenvalue weighted by Gasteiger charge is 2.30. The van der Waals surface area contributed by atoms with Gasteiger partial charge in [-0.25, -0.2) is 4.79 Å². The number of nitrogens with one attached hydrogen (secondary N) is 1. The van der Waals surface area contributed by atoms with Crippen LogP contribution in [-0.4, -0.2) is 46.9 Å². The zero-order valence-corrected chi connectivity index (χ0v) is 8.97. The van der Waals surface area contributed by atoms with Gasteiger partial charge in [-0.2, -0.15) is 0 Å². The summed E-state index contributed by atoms with van der Waals surface area (Å²) in [6.07, 6.45) is 2.27. The Bertz CT molecular complexity index is 338. The quantitative estimate of drug-likeness (QED) is 0.627. The minimum atomic E-state index is -1.18. The van der Waals surface area contributed by atoms with Crippen molar-refractivity contribution in [1.29, 1.82) is 0 Å². The molecule has 0 bridgehead atoms. The Morgan fingerprint density at radius 2 is 2.25 bits per heavy atom. The lowest BCUT2D eigenvalue weighted by Gasteiger charge is -2.33. The van der Waals surface area contributed by atoms with Crippen molar-refractivity contribution < 1.29 is 19.5 Å². The number of amides is 2. The van der Waals surface area contributed by atoms with Crippen LogP contribution in [-0.2, 0) is 14.4 Å². The molecule has 0 aromatic rings. The Morgan fingerprint density at radius 1 is 1.56 bits per heavy atom. The highest BCUT2D eigenvalue weighted by atomic mass is 16.4. The maximum atomic E-state index is 11.6. The lowest BCUT2D eigenvalue weighted by molar-refractivity contribution is -0.140. The summed E-state index contributed by atoms with van der Waals surface area (Å²) in [7, 11) is 0. The van der Waals surface area contributed by atoms with E-state index in [4.69, 9.17) is 5.11 Å². The van der Waals surface area contributed by atoms with Gasteiger partial charge in [0, 0.05) is 25.2 Å². The molecule has 0 aromatic carbocycles. The second-order valence-electron chi connectivity index (χ2n) is 3.42. The molecule has 88 valence electrons. The summed E-state index contributed by atoms with van der Waals surface area (Å²) < 4.78 is 0.